The van der Waals surface area contributed by atoms with Crippen LogP contribution in [0.5, 0.6) is 0 Å². The number of hydrogen-bond acceptors (Lipinski definition) is 4. The van der Waals surface area contributed by atoms with Crippen molar-refractivity contribution in [2.45, 2.75) is 39.9 Å². The van der Waals surface area contributed by atoms with Gasteiger partial charge in [0.1, 0.15) is 5.76 Å². The average Bonchev–Trinajstić information content (AvgIpc) is 3.33. The maximum atomic E-state index is 13.8. The summed E-state index contributed by atoms with van der Waals surface area (Å²) in [6, 6.07) is 15.0. The molecule has 0 saturated carbocycles. The molecule has 9 heteroatoms. The zero-order valence-electron chi connectivity index (χ0n) is 18.9. The number of hydrogen-bond donors (Lipinski definition) is 1. The van der Waals surface area contributed by atoms with Crippen LogP contribution in [0.4, 0.5) is 13.2 Å². The topological polar surface area (TPSA) is 73.0 Å². The quantitative estimate of drug-likeness (QED) is 0.415. The lowest BCUT2D eigenvalue weighted by Crippen LogP contribution is -2.26. The van der Waals surface area contributed by atoms with E-state index in [0.717, 1.165) is 17.3 Å². The highest BCUT2D eigenvalue weighted by molar-refractivity contribution is 5.78. The summed E-state index contributed by atoms with van der Waals surface area (Å²) in [6.45, 7) is 4.98. The maximum Gasteiger partial charge on any atom is 0.416 e. The number of carbonyl (C=O) groups excluding carboxylic acids is 1. The predicted molar refractivity (Wildman–Crippen MR) is 120 cm³/mol. The van der Waals surface area contributed by atoms with Crippen molar-refractivity contribution in [3.05, 3.63) is 88.6 Å². The third kappa shape index (κ3) is 5.03. The molecule has 176 valence electrons. The van der Waals surface area contributed by atoms with Gasteiger partial charge in [0.2, 0.25) is 11.8 Å². The molecule has 6 nitrogen and oxygen atoms in total. The van der Waals surface area contributed by atoms with Crippen LogP contribution in [0, 0.1) is 20.8 Å². The van der Waals surface area contributed by atoms with Gasteiger partial charge in [0.05, 0.1) is 29.1 Å². The zero-order chi connectivity index (χ0) is 24.5. The molecule has 0 aliphatic carbocycles. The molecular formula is C25H23F3N4O2. The Morgan fingerprint density at radius 2 is 1.79 bits per heavy atom. The standard InChI is InChI=1S/C25H23F3N4O2/c1-15-11-16(2)32(31-15)20-10-9-19(21(12-20)25(26,27)28)14-29-23(33)13-22-17(3)34-24(30-22)18-7-5-4-6-8-18/h4-12H,13-14H2,1-3H3,(H,29,33). The summed E-state index contributed by atoms with van der Waals surface area (Å²) >= 11 is 0. The Morgan fingerprint density at radius 3 is 2.44 bits per heavy atom. The Kier molecular flexibility index (Phi) is 6.28. The van der Waals surface area contributed by atoms with E-state index in [4.69, 9.17) is 4.42 Å². The van der Waals surface area contributed by atoms with Crippen molar-refractivity contribution in [1.82, 2.24) is 20.1 Å². The number of alkyl halides is 3. The SMILES string of the molecule is Cc1cc(C)n(-c2ccc(CNC(=O)Cc3nc(-c4ccccc4)oc3C)c(C(F)(F)F)c2)n1. The highest BCUT2D eigenvalue weighted by Gasteiger charge is 2.34. The second-order valence-electron chi connectivity index (χ2n) is 8.02. The van der Waals surface area contributed by atoms with E-state index in [9.17, 15) is 18.0 Å². The molecule has 0 fully saturated rings. The number of amides is 1. The van der Waals surface area contributed by atoms with Gasteiger partial charge in [-0.15, -0.1) is 0 Å². The molecule has 1 amide bonds. The summed E-state index contributed by atoms with van der Waals surface area (Å²) in [4.78, 5) is 16.9. The van der Waals surface area contributed by atoms with E-state index in [2.05, 4.69) is 15.4 Å². The molecule has 2 aromatic carbocycles. The summed E-state index contributed by atoms with van der Waals surface area (Å²) in [5.74, 6) is 0.422. The van der Waals surface area contributed by atoms with Crippen LogP contribution >= 0.6 is 0 Å². The highest BCUT2D eigenvalue weighted by Crippen LogP contribution is 2.33. The molecule has 0 saturated heterocycles. The molecule has 0 atom stereocenters. The minimum absolute atomic E-state index is 0.0343. The van der Waals surface area contributed by atoms with Gasteiger partial charge in [0, 0.05) is 17.8 Å². The van der Waals surface area contributed by atoms with Crippen LogP contribution in [-0.4, -0.2) is 20.7 Å². The van der Waals surface area contributed by atoms with Crippen molar-refractivity contribution in [1.29, 1.82) is 0 Å². The van der Waals surface area contributed by atoms with Crippen molar-refractivity contribution < 1.29 is 22.4 Å². The van der Waals surface area contributed by atoms with E-state index in [0.29, 0.717) is 28.7 Å². The summed E-state index contributed by atoms with van der Waals surface area (Å²) in [5, 5.41) is 6.82. The summed E-state index contributed by atoms with van der Waals surface area (Å²) in [5.41, 5.74) is 2.10. The first-order valence-corrected chi connectivity index (χ1v) is 10.6. The Bertz CT molecular complexity index is 1320. The van der Waals surface area contributed by atoms with Gasteiger partial charge in [0.15, 0.2) is 0 Å². The smallest absolute Gasteiger partial charge is 0.416 e. The van der Waals surface area contributed by atoms with Gasteiger partial charge in [0.25, 0.3) is 0 Å². The lowest BCUT2D eigenvalue weighted by molar-refractivity contribution is -0.138. The highest BCUT2D eigenvalue weighted by atomic mass is 19.4. The average molecular weight is 468 g/mol. The number of carbonyl (C=O) groups is 1. The first-order chi connectivity index (χ1) is 16.1. The maximum absolute atomic E-state index is 13.8. The Labute approximate surface area is 194 Å². The molecule has 0 spiro atoms. The monoisotopic (exact) mass is 468 g/mol. The van der Waals surface area contributed by atoms with Crippen LogP contribution in [-0.2, 0) is 23.9 Å². The lowest BCUT2D eigenvalue weighted by atomic mass is 10.1. The van der Waals surface area contributed by atoms with E-state index in [1.165, 1.54) is 10.7 Å². The largest absolute Gasteiger partial charge is 0.441 e. The third-order valence-corrected chi connectivity index (χ3v) is 5.37. The second-order valence-corrected chi connectivity index (χ2v) is 8.02. The normalized spacial score (nSPS) is 11.6. The third-order valence-electron chi connectivity index (χ3n) is 5.37. The molecule has 0 unspecified atom stereocenters. The number of oxazole rings is 1. The van der Waals surface area contributed by atoms with Crippen molar-refractivity contribution in [2.24, 2.45) is 0 Å². The molecule has 34 heavy (non-hydrogen) atoms. The lowest BCUT2D eigenvalue weighted by Gasteiger charge is -2.16. The number of halogens is 3. The Hall–Kier alpha value is -3.88. The fraction of sp³-hybridized carbons (Fsp3) is 0.240. The second kappa shape index (κ2) is 9.17. The fourth-order valence-electron chi connectivity index (χ4n) is 3.71. The van der Waals surface area contributed by atoms with Gasteiger partial charge in [-0.3, -0.25) is 4.79 Å². The molecule has 4 aromatic rings. The summed E-state index contributed by atoms with van der Waals surface area (Å²) < 4.78 is 48.4. The molecular weight excluding hydrogens is 445 g/mol. The fourth-order valence-corrected chi connectivity index (χ4v) is 3.71. The van der Waals surface area contributed by atoms with Crippen molar-refractivity contribution in [2.75, 3.05) is 0 Å². The van der Waals surface area contributed by atoms with Gasteiger partial charge in [-0.25, -0.2) is 9.67 Å². The summed E-state index contributed by atoms with van der Waals surface area (Å²) in [6.07, 6.45) is -4.69. The number of nitrogens with zero attached hydrogens (tertiary/aromatic N) is 3. The number of aromatic nitrogens is 3. The van der Waals surface area contributed by atoms with Crippen LogP contribution < -0.4 is 5.32 Å². The van der Waals surface area contributed by atoms with Crippen molar-refractivity contribution in [3.63, 3.8) is 0 Å². The molecule has 2 heterocycles. The molecule has 0 aliphatic heterocycles. The van der Waals surface area contributed by atoms with E-state index in [1.807, 2.05) is 30.3 Å². The van der Waals surface area contributed by atoms with Crippen LogP contribution in [0.2, 0.25) is 0 Å². The van der Waals surface area contributed by atoms with Crippen LogP contribution in [0.15, 0.2) is 59.0 Å². The van der Waals surface area contributed by atoms with E-state index in [-0.39, 0.29) is 18.5 Å². The van der Waals surface area contributed by atoms with Crippen molar-refractivity contribution >= 4 is 5.91 Å². The molecule has 0 radical (unpaired) electrons. The van der Waals surface area contributed by atoms with E-state index < -0.39 is 17.6 Å². The molecule has 1 N–H and O–H groups in total. The van der Waals surface area contributed by atoms with Gasteiger partial charge < -0.3 is 9.73 Å². The first-order valence-electron chi connectivity index (χ1n) is 10.6. The minimum atomic E-state index is -4.58. The minimum Gasteiger partial charge on any atom is -0.441 e. The van der Waals surface area contributed by atoms with Crippen LogP contribution in [0.25, 0.3) is 17.1 Å². The van der Waals surface area contributed by atoms with Crippen LogP contribution in [0.3, 0.4) is 0 Å². The molecule has 4 rings (SSSR count). The summed E-state index contributed by atoms with van der Waals surface area (Å²) in [7, 11) is 0. The Morgan fingerprint density at radius 1 is 1.06 bits per heavy atom. The van der Waals surface area contributed by atoms with Gasteiger partial charge in [-0.1, -0.05) is 24.3 Å². The zero-order valence-corrected chi connectivity index (χ0v) is 18.9. The van der Waals surface area contributed by atoms with Gasteiger partial charge in [-0.05, 0) is 56.7 Å². The van der Waals surface area contributed by atoms with Crippen LogP contribution in [0.1, 0.15) is 34.0 Å². The van der Waals surface area contributed by atoms with E-state index in [1.54, 1.807) is 32.9 Å². The van der Waals surface area contributed by atoms with Crippen molar-refractivity contribution in [3.8, 4) is 17.1 Å². The first kappa shape index (κ1) is 23.3. The van der Waals surface area contributed by atoms with Gasteiger partial charge in [-0.2, -0.15) is 18.3 Å². The number of nitrogens with one attached hydrogen (secondary N) is 1. The Balaban J connectivity index is 1.49. The predicted octanol–water partition coefficient (Wildman–Crippen LogP) is 5.33. The molecule has 0 bridgehead atoms. The number of aryl methyl sites for hydroxylation is 3. The van der Waals surface area contributed by atoms with Gasteiger partial charge >= 0.3 is 6.18 Å². The molecule has 2 aromatic heterocycles. The van der Waals surface area contributed by atoms with E-state index >= 15 is 0 Å². The number of benzene rings is 2. The number of rotatable bonds is 6. The molecule has 0 aliphatic rings.